The molecule has 1 saturated carbocycles. The van der Waals surface area contributed by atoms with Crippen LogP contribution in [-0.2, 0) is 6.18 Å². The van der Waals surface area contributed by atoms with E-state index in [1.807, 2.05) is 0 Å². The highest BCUT2D eigenvalue weighted by Crippen LogP contribution is 2.33. The second-order valence-corrected chi connectivity index (χ2v) is 7.04. The molecule has 0 unspecified atom stereocenters. The minimum absolute atomic E-state index is 0.142. The number of nitrogens with one attached hydrogen (secondary N) is 2. The Morgan fingerprint density at radius 3 is 2.67 bits per heavy atom. The van der Waals surface area contributed by atoms with E-state index < -0.39 is 11.9 Å². The summed E-state index contributed by atoms with van der Waals surface area (Å²) in [6.45, 7) is 4.37. The first kappa shape index (κ1) is 19.5. The minimum atomic E-state index is -4.62. The minimum Gasteiger partial charge on any atom is -0.385 e. The summed E-state index contributed by atoms with van der Waals surface area (Å²) in [6, 6.07) is 6.59. The van der Waals surface area contributed by atoms with Crippen LogP contribution in [0.25, 0.3) is 5.70 Å². The SMILES string of the molecule is C=C(NCC1CCCC1)c1cnc(Nc2cccc(Cl)c2)nc1C(F)(F)F. The van der Waals surface area contributed by atoms with Crippen molar-refractivity contribution in [3.8, 4) is 0 Å². The molecule has 1 heterocycles. The van der Waals surface area contributed by atoms with Crippen LogP contribution in [0.5, 0.6) is 0 Å². The Kier molecular flexibility index (Phi) is 5.89. The van der Waals surface area contributed by atoms with Crippen molar-refractivity contribution in [2.45, 2.75) is 31.9 Å². The van der Waals surface area contributed by atoms with Gasteiger partial charge in [0.05, 0.1) is 0 Å². The van der Waals surface area contributed by atoms with Gasteiger partial charge in [0, 0.05) is 34.7 Å². The monoisotopic (exact) mass is 396 g/mol. The average molecular weight is 397 g/mol. The van der Waals surface area contributed by atoms with Crippen LogP contribution in [-0.4, -0.2) is 16.5 Å². The highest BCUT2D eigenvalue weighted by atomic mass is 35.5. The van der Waals surface area contributed by atoms with Crippen LogP contribution in [0.3, 0.4) is 0 Å². The molecule has 8 heteroatoms. The van der Waals surface area contributed by atoms with Crippen molar-refractivity contribution < 1.29 is 13.2 Å². The van der Waals surface area contributed by atoms with Gasteiger partial charge in [-0.3, -0.25) is 0 Å². The number of rotatable bonds is 6. The predicted octanol–water partition coefficient (Wildman–Crippen LogP) is 5.64. The third-order valence-electron chi connectivity index (χ3n) is 4.54. The number of halogens is 4. The molecule has 1 fully saturated rings. The maximum absolute atomic E-state index is 13.5. The maximum atomic E-state index is 13.5. The molecule has 27 heavy (non-hydrogen) atoms. The zero-order valence-corrected chi connectivity index (χ0v) is 15.4. The van der Waals surface area contributed by atoms with Gasteiger partial charge in [-0.2, -0.15) is 13.2 Å². The molecule has 2 N–H and O–H groups in total. The highest BCUT2D eigenvalue weighted by Gasteiger charge is 2.37. The van der Waals surface area contributed by atoms with Crippen LogP contribution in [0.1, 0.15) is 36.9 Å². The fourth-order valence-corrected chi connectivity index (χ4v) is 3.34. The Balaban J connectivity index is 1.80. The number of aromatic nitrogens is 2. The largest absolute Gasteiger partial charge is 0.434 e. The van der Waals surface area contributed by atoms with Crippen molar-refractivity contribution in [1.82, 2.24) is 15.3 Å². The molecule has 0 aliphatic heterocycles. The topological polar surface area (TPSA) is 49.8 Å². The van der Waals surface area contributed by atoms with Crippen molar-refractivity contribution in [2.24, 2.45) is 5.92 Å². The van der Waals surface area contributed by atoms with Gasteiger partial charge in [-0.1, -0.05) is 37.1 Å². The van der Waals surface area contributed by atoms with Crippen molar-refractivity contribution in [3.05, 3.63) is 53.3 Å². The van der Waals surface area contributed by atoms with Gasteiger partial charge < -0.3 is 10.6 Å². The van der Waals surface area contributed by atoms with Crippen LogP contribution in [0, 0.1) is 5.92 Å². The Hall–Kier alpha value is -2.28. The summed E-state index contributed by atoms with van der Waals surface area (Å²) in [5, 5.41) is 6.22. The van der Waals surface area contributed by atoms with Crippen molar-refractivity contribution >= 4 is 28.9 Å². The van der Waals surface area contributed by atoms with Gasteiger partial charge in [0.2, 0.25) is 5.95 Å². The summed E-state index contributed by atoms with van der Waals surface area (Å²) in [5.74, 6) is 0.317. The molecule has 1 aliphatic carbocycles. The molecule has 3 rings (SSSR count). The Morgan fingerprint density at radius 1 is 1.26 bits per heavy atom. The fraction of sp³-hybridized carbons (Fsp3) is 0.368. The van der Waals surface area contributed by atoms with Crippen LogP contribution in [0.4, 0.5) is 24.8 Å². The normalized spacial score (nSPS) is 15.0. The van der Waals surface area contributed by atoms with Crippen molar-refractivity contribution in [2.75, 3.05) is 11.9 Å². The van der Waals surface area contributed by atoms with E-state index in [2.05, 4.69) is 27.2 Å². The third-order valence-corrected chi connectivity index (χ3v) is 4.78. The van der Waals surface area contributed by atoms with E-state index in [-0.39, 0.29) is 17.2 Å². The first-order valence-corrected chi connectivity index (χ1v) is 9.10. The first-order chi connectivity index (χ1) is 12.8. The summed E-state index contributed by atoms with van der Waals surface area (Å²) < 4.78 is 40.6. The van der Waals surface area contributed by atoms with Gasteiger partial charge in [0.25, 0.3) is 0 Å². The van der Waals surface area contributed by atoms with Crippen molar-refractivity contribution in [3.63, 3.8) is 0 Å². The number of nitrogens with zero attached hydrogens (tertiary/aromatic N) is 2. The Bertz CT molecular complexity index is 817. The van der Waals surface area contributed by atoms with Crippen LogP contribution >= 0.6 is 11.6 Å². The summed E-state index contributed by atoms with van der Waals surface area (Å²) >= 11 is 5.89. The lowest BCUT2D eigenvalue weighted by Gasteiger charge is -2.18. The molecule has 144 valence electrons. The zero-order chi connectivity index (χ0) is 19.4. The van der Waals surface area contributed by atoms with E-state index in [1.54, 1.807) is 24.3 Å². The van der Waals surface area contributed by atoms with Gasteiger partial charge in [-0.25, -0.2) is 9.97 Å². The zero-order valence-electron chi connectivity index (χ0n) is 14.6. The molecule has 1 aromatic carbocycles. The van der Waals surface area contributed by atoms with E-state index >= 15 is 0 Å². The number of hydrogen-bond acceptors (Lipinski definition) is 4. The molecule has 0 bridgehead atoms. The van der Waals surface area contributed by atoms with Gasteiger partial charge in [-0.15, -0.1) is 0 Å². The Labute approximate surface area is 160 Å². The van der Waals surface area contributed by atoms with E-state index in [9.17, 15) is 13.2 Å². The van der Waals surface area contributed by atoms with E-state index in [0.717, 1.165) is 19.0 Å². The molecule has 0 amide bonds. The lowest BCUT2D eigenvalue weighted by molar-refractivity contribution is -0.141. The van der Waals surface area contributed by atoms with E-state index in [4.69, 9.17) is 11.6 Å². The standard InChI is InChI=1S/C19H20ClF3N4/c1-12(24-10-13-5-2-3-6-13)16-11-25-18(27-17(16)19(21,22)23)26-15-8-4-7-14(20)9-15/h4,7-9,11,13,24H,1-3,5-6,10H2,(H,25,26,27). The molecule has 1 aromatic heterocycles. The van der Waals surface area contributed by atoms with E-state index in [0.29, 0.717) is 23.2 Å². The third kappa shape index (κ3) is 5.13. The van der Waals surface area contributed by atoms with E-state index in [1.165, 1.54) is 12.8 Å². The fourth-order valence-electron chi connectivity index (χ4n) is 3.15. The lowest BCUT2D eigenvalue weighted by atomic mass is 10.1. The molecule has 0 saturated heterocycles. The molecule has 0 atom stereocenters. The summed E-state index contributed by atoms with van der Waals surface area (Å²) in [5.41, 5.74) is -0.479. The average Bonchev–Trinajstić information content (AvgIpc) is 3.12. The second kappa shape index (κ2) is 8.17. The van der Waals surface area contributed by atoms with Gasteiger partial charge in [0.1, 0.15) is 0 Å². The molecule has 0 spiro atoms. The van der Waals surface area contributed by atoms with Crippen molar-refractivity contribution in [1.29, 1.82) is 0 Å². The molecular formula is C19H20ClF3N4. The maximum Gasteiger partial charge on any atom is 0.434 e. The molecule has 0 radical (unpaired) electrons. The predicted molar refractivity (Wildman–Crippen MR) is 101 cm³/mol. The van der Waals surface area contributed by atoms with Crippen LogP contribution in [0.15, 0.2) is 37.0 Å². The number of hydrogen-bond donors (Lipinski definition) is 2. The highest BCUT2D eigenvalue weighted by molar-refractivity contribution is 6.30. The van der Waals surface area contributed by atoms with Crippen LogP contribution < -0.4 is 10.6 Å². The molecular weight excluding hydrogens is 377 g/mol. The van der Waals surface area contributed by atoms with Gasteiger partial charge in [0.15, 0.2) is 5.69 Å². The number of alkyl halides is 3. The summed E-state index contributed by atoms with van der Waals surface area (Å²) in [7, 11) is 0. The van der Waals surface area contributed by atoms with Gasteiger partial charge in [-0.05, 0) is 37.0 Å². The number of benzene rings is 1. The van der Waals surface area contributed by atoms with Crippen LogP contribution in [0.2, 0.25) is 5.02 Å². The summed E-state index contributed by atoms with van der Waals surface area (Å²) in [6.07, 6.45) is 1.03. The molecule has 4 nitrogen and oxygen atoms in total. The molecule has 2 aromatic rings. The quantitative estimate of drug-likeness (QED) is 0.663. The van der Waals surface area contributed by atoms with Gasteiger partial charge >= 0.3 is 6.18 Å². The first-order valence-electron chi connectivity index (χ1n) is 8.73. The number of anilines is 2. The smallest absolute Gasteiger partial charge is 0.385 e. The molecule has 1 aliphatic rings. The second-order valence-electron chi connectivity index (χ2n) is 6.60. The lowest BCUT2D eigenvalue weighted by Crippen LogP contribution is -2.22. The Morgan fingerprint density at radius 2 is 2.00 bits per heavy atom. The summed E-state index contributed by atoms with van der Waals surface area (Å²) in [4.78, 5) is 7.69.